The predicted octanol–water partition coefficient (Wildman–Crippen LogP) is -0.476. The summed E-state index contributed by atoms with van der Waals surface area (Å²) in [7, 11) is 0. The molecule has 4 amide bonds. The number of aliphatic imine (C=N–C) groups is 1. The molecule has 168 valence electrons. The van der Waals surface area contributed by atoms with Gasteiger partial charge in [-0.05, 0) is 19.8 Å². The highest BCUT2D eigenvalue weighted by molar-refractivity contribution is 6.01. The van der Waals surface area contributed by atoms with Gasteiger partial charge in [0, 0.05) is 45.8 Å². The summed E-state index contributed by atoms with van der Waals surface area (Å²) in [5, 5.41) is 5.81. The fraction of sp³-hybridized carbons (Fsp3) is 0.800. The Hall–Kier alpha value is -2.36. The molecule has 3 saturated heterocycles. The van der Waals surface area contributed by atoms with Gasteiger partial charge in [-0.15, -0.1) is 0 Å². The number of likely N-dealkylation sites (tertiary alicyclic amines) is 1. The number of carbonyl (C=O) groups excluding carboxylic acids is 3. The normalized spacial score (nSPS) is 21.6. The fourth-order valence-corrected chi connectivity index (χ4v) is 4.09. The Bertz CT molecular complexity index is 622. The maximum atomic E-state index is 12.6. The Morgan fingerprint density at radius 1 is 1.00 bits per heavy atom. The highest BCUT2D eigenvalue weighted by Crippen LogP contribution is 2.11. The van der Waals surface area contributed by atoms with Gasteiger partial charge in [-0.25, -0.2) is 4.79 Å². The van der Waals surface area contributed by atoms with E-state index in [0.29, 0.717) is 13.1 Å². The zero-order valence-corrected chi connectivity index (χ0v) is 18.1. The summed E-state index contributed by atoms with van der Waals surface area (Å²) in [6, 6.07) is -0.345. The number of hydrogen-bond donors (Lipinski definition) is 2. The van der Waals surface area contributed by atoms with E-state index in [0.717, 1.165) is 64.6 Å². The monoisotopic (exact) mass is 421 g/mol. The molecule has 2 N–H and O–H groups in total. The van der Waals surface area contributed by atoms with Crippen LogP contribution in [0.3, 0.4) is 0 Å². The van der Waals surface area contributed by atoms with Crippen molar-refractivity contribution in [2.45, 2.75) is 32.6 Å². The molecule has 3 aliphatic rings. The average molecular weight is 422 g/mol. The van der Waals surface area contributed by atoms with Crippen molar-refractivity contribution in [1.82, 2.24) is 30.2 Å². The van der Waals surface area contributed by atoms with Gasteiger partial charge in [0.05, 0.1) is 26.2 Å². The smallest absolute Gasteiger partial charge is 0.324 e. The molecular formula is C20H35N7O3. The molecule has 3 rings (SSSR count). The Morgan fingerprint density at radius 2 is 1.70 bits per heavy atom. The zero-order valence-electron chi connectivity index (χ0n) is 18.1. The molecule has 3 aliphatic heterocycles. The van der Waals surface area contributed by atoms with E-state index in [2.05, 4.69) is 25.4 Å². The SMILES string of the molecule is CCNC(=NCCN1C(=O)CNC1=O)N1CCN(CC(=O)N2CCCCCC2)CC1. The molecule has 0 aromatic heterocycles. The van der Waals surface area contributed by atoms with Crippen molar-refractivity contribution in [3.8, 4) is 0 Å². The largest absolute Gasteiger partial charge is 0.357 e. The lowest BCUT2D eigenvalue weighted by Crippen LogP contribution is -2.54. The second-order valence-electron chi connectivity index (χ2n) is 8.00. The van der Waals surface area contributed by atoms with E-state index in [1.54, 1.807) is 0 Å². The number of amides is 4. The first kappa shape index (κ1) is 22.3. The molecule has 0 atom stereocenters. The van der Waals surface area contributed by atoms with Crippen LogP contribution < -0.4 is 10.6 Å². The third-order valence-corrected chi connectivity index (χ3v) is 5.85. The van der Waals surface area contributed by atoms with E-state index in [9.17, 15) is 14.4 Å². The number of guanidine groups is 1. The molecule has 3 fully saturated rings. The number of piperazine rings is 1. The summed E-state index contributed by atoms with van der Waals surface area (Å²) >= 11 is 0. The topological polar surface area (TPSA) is 101 Å². The van der Waals surface area contributed by atoms with Gasteiger partial charge in [-0.3, -0.25) is 24.4 Å². The molecule has 0 saturated carbocycles. The van der Waals surface area contributed by atoms with Crippen LogP contribution in [0.2, 0.25) is 0 Å². The van der Waals surface area contributed by atoms with Gasteiger partial charge in [0.1, 0.15) is 0 Å². The van der Waals surface area contributed by atoms with Crippen LogP contribution in [-0.4, -0.2) is 115 Å². The Labute approximate surface area is 178 Å². The van der Waals surface area contributed by atoms with Gasteiger partial charge in [0.2, 0.25) is 11.8 Å². The molecule has 10 nitrogen and oxygen atoms in total. The maximum absolute atomic E-state index is 12.6. The molecule has 0 aliphatic carbocycles. The Kier molecular flexibility index (Phi) is 8.30. The van der Waals surface area contributed by atoms with Crippen LogP contribution in [0.1, 0.15) is 32.6 Å². The second-order valence-corrected chi connectivity index (χ2v) is 8.00. The van der Waals surface area contributed by atoms with E-state index < -0.39 is 0 Å². The lowest BCUT2D eigenvalue weighted by atomic mass is 10.2. The molecule has 0 spiro atoms. The molecule has 10 heteroatoms. The van der Waals surface area contributed by atoms with Gasteiger partial charge < -0.3 is 20.4 Å². The van der Waals surface area contributed by atoms with Crippen LogP contribution in [0.25, 0.3) is 0 Å². The van der Waals surface area contributed by atoms with Crippen LogP contribution >= 0.6 is 0 Å². The lowest BCUT2D eigenvalue weighted by Gasteiger charge is -2.37. The first-order valence-corrected chi connectivity index (χ1v) is 11.2. The van der Waals surface area contributed by atoms with Crippen molar-refractivity contribution in [3.05, 3.63) is 0 Å². The quantitative estimate of drug-likeness (QED) is 0.342. The summed E-state index contributed by atoms with van der Waals surface area (Å²) in [6.45, 7) is 8.99. The second kappa shape index (κ2) is 11.1. The van der Waals surface area contributed by atoms with Crippen LogP contribution in [0.5, 0.6) is 0 Å². The predicted molar refractivity (Wildman–Crippen MR) is 114 cm³/mol. The first-order valence-electron chi connectivity index (χ1n) is 11.2. The summed E-state index contributed by atoms with van der Waals surface area (Å²) in [6.07, 6.45) is 4.69. The highest BCUT2D eigenvalue weighted by Gasteiger charge is 2.28. The minimum absolute atomic E-state index is 0.0702. The maximum Gasteiger partial charge on any atom is 0.324 e. The summed E-state index contributed by atoms with van der Waals surface area (Å²) in [5.41, 5.74) is 0. The lowest BCUT2D eigenvalue weighted by molar-refractivity contribution is -0.132. The number of nitrogens with one attached hydrogen (secondary N) is 2. The number of nitrogens with zero attached hydrogens (tertiary/aromatic N) is 5. The minimum Gasteiger partial charge on any atom is -0.357 e. The van der Waals surface area contributed by atoms with E-state index in [1.165, 1.54) is 17.7 Å². The van der Waals surface area contributed by atoms with Crippen LogP contribution in [0, 0.1) is 0 Å². The molecule has 0 unspecified atom stereocenters. The van der Waals surface area contributed by atoms with Gasteiger partial charge in [-0.2, -0.15) is 0 Å². The zero-order chi connectivity index (χ0) is 21.3. The van der Waals surface area contributed by atoms with Gasteiger partial charge in [0.25, 0.3) is 0 Å². The third kappa shape index (κ3) is 6.07. The molecule has 30 heavy (non-hydrogen) atoms. The number of hydrogen-bond acceptors (Lipinski definition) is 5. The van der Waals surface area contributed by atoms with Crippen molar-refractivity contribution in [1.29, 1.82) is 0 Å². The Morgan fingerprint density at radius 3 is 2.30 bits per heavy atom. The first-order chi connectivity index (χ1) is 14.6. The van der Waals surface area contributed by atoms with Crippen molar-refractivity contribution in [2.75, 3.05) is 72.0 Å². The van der Waals surface area contributed by atoms with Crippen LogP contribution in [0.4, 0.5) is 4.79 Å². The van der Waals surface area contributed by atoms with E-state index >= 15 is 0 Å². The summed E-state index contributed by atoms with van der Waals surface area (Å²) < 4.78 is 0. The van der Waals surface area contributed by atoms with E-state index in [1.807, 2.05) is 11.8 Å². The average Bonchev–Trinajstić information content (AvgIpc) is 2.94. The standard InChI is InChI=1S/C20H35N7O3/c1-2-21-19(22-7-10-27-17(28)15-23-20(27)30)26-13-11-24(12-14-26)16-18(29)25-8-5-3-4-6-9-25/h2-16H2,1H3,(H,21,22)(H,23,30). The van der Waals surface area contributed by atoms with Gasteiger partial charge in [0.15, 0.2) is 5.96 Å². The number of carbonyl (C=O) groups is 3. The molecule has 3 heterocycles. The minimum atomic E-state index is -0.345. The van der Waals surface area contributed by atoms with E-state index in [-0.39, 0.29) is 30.9 Å². The molecule has 0 radical (unpaired) electrons. The van der Waals surface area contributed by atoms with Gasteiger partial charge >= 0.3 is 6.03 Å². The number of rotatable bonds is 6. The summed E-state index contributed by atoms with van der Waals surface area (Å²) in [5.74, 6) is 0.838. The fourth-order valence-electron chi connectivity index (χ4n) is 4.09. The van der Waals surface area contributed by atoms with Crippen LogP contribution in [0.15, 0.2) is 4.99 Å². The summed E-state index contributed by atoms with van der Waals surface area (Å²) in [4.78, 5) is 48.2. The van der Waals surface area contributed by atoms with Crippen LogP contribution in [-0.2, 0) is 9.59 Å². The molecular weight excluding hydrogens is 386 g/mol. The van der Waals surface area contributed by atoms with Crippen molar-refractivity contribution in [2.24, 2.45) is 4.99 Å². The molecule has 0 aromatic rings. The Balaban J connectivity index is 1.45. The van der Waals surface area contributed by atoms with Gasteiger partial charge in [-0.1, -0.05) is 12.8 Å². The van der Waals surface area contributed by atoms with E-state index in [4.69, 9.17) is 0 Å². The third-order valence-electron chi connectivity index (χ3n) is 5.85. The van der Waals surface area contributed by atoms with Crippen molar-refractivity contribution < 1.29 is 14.4 Å². The highest BCUT2D eigenvalue weighted by atomic mass is 16.2. The molecule has 0 bridgehead atoms. The van der Waals surface area contributed by atoms with Crippen molar-refractivity contribution in [3.63, 3.8) is 0 Å². The molecule has 0 aromatic carbocycles. The van der Waals surface area contributed by atoms with Crippen molar-refractivity contribution >= 4 is 23.8 Å². The number of urea groups is 1. The number of imide groups is 1.